The second-order valence-corrected chi connectivity index (χ2v) is 7.88. The summed E-state index contributed by atoms with van der Waals surface area (Å²) in [5, 5.41) is 7.48. The van der Waals surface area contributed by atoms with Crippen molar-refractivity contribution >= 4 is 34.3 Å². The molecule has 31 heavy (non-hydrogen) atoms. The van der Waals surface area contributed by atoms with Crippen LogP contribution in [0.25, 0.3) is 11.3 Å². The van der Waals surface area contributed by atoms with Gasteiger partial charge in [-0.2, -0.15) is 0 Å². The first kappa shape index (κ1) is 22.2. The summed E-state index contributed by atoms with van der Waals surface area (Å²) in [5.41, 5.74) is 1.79. The van der Waals surface area contributed by atoms with E-state index >= 15 is 0 Å². The largest absolute Gasteiger partial charge is 0.464 e. The van der Waals surface area contributed by atoms with Crippen LogP contribution in [0.1, 0.15) is 34.7 Å². The molecule has 162 valence electrons. The first-order valence-electron chi connectivity index (χ1n) is 9.38. The van der Waals surface area contributed by atoms with Crippen molar-refractivity contribution in [1.29, 1.82) is 0 Å². The van der Waals surface area contributed by atoms with E-state index in [4.69, 9.17) is 0 Å². The lowest BCUT2D eigenvalue weighted by atomic mass is 10.0. The topological polar surface area (TPSA) is 113 Å². The van der Waals surface area contributed by atoms with Crippen molar-refractivity contribution in [3.05, 3.63) is 59.0 Å². The van der Waals surface area contributed by atoms with Crippen LogP contribution in [0.15, 0.2) is 41.9 Å². The van der Waals surface area contributed by atoms with E-state index in [9.17, 15) is 18.8 Å². The summed E-state index contributed by atoms with van der Waals surface area (Å²) in [5.74, 6) is -2.04. The van der Waals surface area contributed by atoms with E-state index in [-0.39, 0.29) is 11.5 Å². The van der Waals surface area contributed by atoms with Crippen molar-refractivity contribution in [3.63, 3.8) is 0 Å². The molecule has 0 saturated carbocycles. The molecular formula is C21H21FN4O4S. The number of hydrogen-bond donors (Lipinski definition) is 3. The van der Waals surface area contributed by atoms with Crippen molar-refractivity contribution in [1.82, 2.24) is 15.3 Å². The Bertz CT molecular complexity index is 1090. The average Bonchev–Trinajstić information content (AvgIpc) is 3.41. The lowest BCUT2D eigenvalue weighted by molar-refractivity contribution is -0.118. The van der Waals surface area contributed by atoms with E-state index in [0.29, 0.717) is 22.1 Å². The van der Waals surface area contributed by atoms with Gasteiger partial charge in [0.15, 0.2) is 5.13 Å². The summed E-state index contributed by atoms with van der Waals surface area (Å²) in [7, 11) is 1.29. The summed E-state index contributed by atoms with van der Waals surface area (Å²) in [4.78, 5) is 43.9. The van der Waals surface area contributed by atoms with Crippen LogP contribution in [0, 0.1) is 11.7 Å². The monoisotopic (exact) mass is 444 g/mol. The van der Waals surface area contributed by atoms with E-state index in [1.165, 1.54) is 42.7 Å². The van der Waals surface area contributed by atoms with Crippen LogP contribution < -0.4 is 10.6 Å². The molecule has 2 aromatic heterocycles. The fourth-order valence-corrected chi connectivity index (χ4v) is 3.50. The molecule has 1 unspecified atom stereocenters. The standard InChI is InChI=1S/C21H21FN4O4S/c1-11(2)17(25-18(27)12-4-6-14(22)7-5-12)19(28)26-21-24-16(10-31-21)13-8-15(23-9-13)20(29)30-3/h4-11,17,23H,1-3H3,(H,25,27)(H,24,26,28). The lowest BCUT2D eigenvalue weighted by Gasteiger charge is -2.21. The van der Waals surface area contributed by atoms with Crippen molar-refractivity contribution in [2.75, 3.05) is 12.4 Å². The van der Waals surface area contributed by atoms with Gasteiger partial charge in [-0.1, -0.05) is 13.8 Å². The van der Waals surface area contributed by atoms with Crippen LogP contribution in [-0.4, -0.2) is 40.9 Å². The molecule has 0 aliphatic rings. The highest BCUT2D eigenvalue weighted by atomic mass is 32.1. The molecule has 0 radical (unpaired) electrons. The van der Waals surface area contributed by atoms with Gasteiger partial charge in [0.1, 0.15) is 17.6 Å². The molecular weight excluding hydrogens is 423 g/mol. The van der Waals surface area contributed by atoms with Crippen LogP contribution in [0.2, 0.25) is 0 Å². The zero-order chi connectivity index (χ0) is 22.5. The molecule has 3 rings (SSSR count). The van der Waals surface area contributed by atoms with E-state index in [2.05, 4.69) is 25.3 Å². The molecule has 0 aliphatic carbocycles. The van der Waals surface area contributed by atoms with Gasteiger partial charge in [0.2, 0.25) is 5.91 Å². The first-order valence-corrected chi connectivity index (χ1v) is 10.3. The Kier molecular flexibility index (Phi) is 6.81. The highest BCUT2D eigenvalue weighted by molar-refractivity contribution is 7.14. The van der Waals surface area contributed by atoms with Crippen molar-refractivity contribution in [2.45, 2.75) is 19.9 Å². The number of aromatic amines is 1. The van der Waals surface area contributed by atoms with Crippen molar-refractivity contribution in [2.24, 2.45) is 5.92 Å². The maximum Gasteiger partial charge on any atom is 0.354 e. The van der Waals surface area contributed by atoms with E-state index in [1.807, 2.05) is 0 Å². The first-order chi connectivity index (χ1) is 14.8. The number of nitrogens with one attached hydrogen (secondary N) is 3. The number of nitrogens with zero attached hydrogens (tertiary/aromatic N) is 1. The number of aromatic nitrogens is 2. The molecule has 1 atom stereocenters. The SMILES string of the molecule is COC(=O)c1cc(-c2csc(NC(=O)C(NC(=O)c3ccc(F)cc3)C(C)C)n2)c[nH]1. The number of esters is 1. The average molecular weight is 444 g/mol. The molecule has 1 aromatic carbocycles. The highest BCUT2D eigenvalue weighted by Crippen LogP contribution is 2.26. The van der Waals surface area contributed by atoms with Gasteiger partial charge in [-0.05, 0) is 36.2 Å². The smallest absolute Gasteiger partial charge is 0.354 e. The number of benzene rings is 1. The molecule has 8 nitrogen and oxygen atoms in total. The number of amides is 2. The number of hydrogen-bond acceptors (Lipinski definition) is 6. The number of halogens is 1. The minimum absolute atomic E-state index is 0.198. The summed E-state index contributed by atoms with van der Waals surface area (Å²) in [6, 6.07) is 5.86. The number of methoxy groups -OCH3 is 1. The van der Waals surface area contributed by atoms with Gasteiger partial charge in [0.05, 0.1) is 12.8 Å². The Morgan fingerprint density at radius 3 is 2.55 bits per heavy atom. The van der Waals surface area contributed by atoms with Crippen molar-refractivity contribution in [3.8, 4) is 11.3 Å². The molecule has 0 fully saturated rings. The summed E-state index contributed by atoms with van der Waals surface area (Å²) in [6.07, 6.45) is 1.62. The Morgan fingerprint density at radius 1 is 1.19 bits per heavy atom. The van der Waals surface area contributed by atoms with Gasteiger partial charge >= 0.3 is 5.97 Å². The number of thiazole rings is 1. The highest BCUT2D eigenvalue weighted by Gasteiger charge is 2.25. The number of carbonyl (C=O) groups excluding carboxylic acids is 3. The summed E-state index contributed by atoms with van der Waals surface area (Å²) >= 11 is 1.21. The molecule has 0 spiro atoms. The van der Waals surface area contributed by atoms with Crippen molar-refractivity contribution < 1.29 is 23.5 Å². The maximum atomic E-state index is 13.1. The predicted octanol–water partition coefficient (Wildman–Crippen LogP) is 3.46. The van der Waals surface area contributed by atoms with Crippen LogP contribution in [0.5, 0.6) is 0 Å². The predicted molar refractivity (Wildman–Crippen MR) is 114 cm³/mol. The fourth-order valence-electron chi connectivity index (χ4n) is 2.78. The third-order valence-electron chi connectivity index (χ3n) is 4.46. The zero-order valence-electron chi connectivity index (χ0n) is 17.1. The van der Waals surface area contributed by atoms with Gasteiger partial charge < -0.3 is 20.4 Å². The number of anilines is 1. The number of rotatable bonds is 7. The Balaban J connectivity index is 1.68. The molecule has 0 aliphatic heterocycles. The molecule has 3 N–H and O–H groups in total. The Hall–Kier alpha value is -3.53. The fraction of sp³-hybridized carbons (Fsp3) is 0.238. The Labute approximate surface area is 181 Å². The van der Waals surface area contributed by atoms with Gasteiger partial charge in [-0.25, -0.2) is 14.2 Å². The summed E-state index contributed by atoms with van der Waals surface area (Å²) < 4.78 is 17.7. The van der Waals surface area contributed by atoms with E-state index < -0.39 is 29.6 Å². The normalized spacial score (nSPS) is 11.8. The molecule has 3 aromatic rings. The molecule has 0 bridgehead atoms. The minimum atomic E-state index is -0.817. The third kappa shape index (κ3) is 5.34. The molecule has 10 heteroatoms. The van der Waals surface area contributed by atoms with Gasteiger partial charge in [-0.3, -0.25) is 9.59 Å². The third-order valence-corrected chi connectivity index (χ3v) is 5.22. The van der Waals surface area contributed by atoms with Crippen LogP contribution in [0.3, 0.4) is 0 Å². The number of H-pyrrole nitrogens is 1. The number of ether oxygens (including phenoxy) is 1. The molecule has 2 amide bonds. The van der Waals surface area contributed by atoms with Crippen LogP contribution >= 0.6 is 11.3 Å². The van der Waals surface area contributed by atoms with Gasteiger partial charge in [0, 0.05) is 22.7 Å². The van der Waals surface area contributed by atoms with E-state index in [0.717, 1.165) is 0 Å². The zero-order valence-corrected chi connectivity index (χ0v) is 17.9. The van der Waals surface area contributed by atoms with Gasteiger partial charge in [-0.15, -0.1) is 11.3 Å². The van der Waals surface area contributed by atoms with Crippen LogP contribution in [0.4, 0.5) is 9.52 Å². The van der Waals surface area contributed by atoms with Gasteiger partial charge in [0.25, 0.3) is 5.91 Å². The second-order valence-electron chi connectivity index (χ2n) is 7.02. The second kappa shape index (κ2) is 9.52. The Morgan fingerprint density at radius 2 is 1.90 bits per heavy atom. The van der Waals surface area contributed by atoms with E-state index in [1.54, 1.807) is 31.5 Å². The maximum absolute atomic E-state index is 13.1. The summed E-state index contributed by atoms with van der Waals surface area (Å²) in [6.45, 7) is 3.60. The van der Waals surface area contributed by atoms with Crippen LogP contribution in [-0.2, 0) is 9.53 Å². The molecule has 0 saturated heterocycles. The quantitative estimate of drug-likeness (QED) is 0.483. The number of carbonyl (C=O) groups is 3. The molecule has 2 heterocycles. The minimum Gasteiger partial charge on any atom is -0.464 e. The lowest BCUT2D eigenvalue weighted by Crippen LogP contribution is -2.47.